The van der Waals surface area contributed by atoms with E-state index in [-0.39, 0.29) is 30.5 Å². The predicted molar refractivity (Wildman–Crippen MR) is 83.1 cm³/mol. The summed E-state index contributed by atoms with van der Waals surface area (Å²) in [4.78, 5) is 14.5. The lowest BCUT2D eigenvalue weighted by Gasteiger charge is -2.31. The highest BCUT2D eigenvalue weighted by atomic mass is 35.5. The third-order valence-corrected chi connectivity index (χ3v) is 4.32. The molecule has 1 heterocycles. The number of ether oxygens (including phenoxy) is 1. The van der Waals surface area contributed by atoms with Gasteiger partial charge in [0.05, 0.1) is 6.10 Å². The van der Waals surface area contributed by atoms with E-state index in [1.165, 1.54) is 12.8 Å². The number of nitrogens with zero attached hydrogens (tertiary/aromatic N) is 1. The highest BCUT2D eigenvalue weighted by Crippen LogP contribution is 2.26. The summed E-state index contributed by atoms with van der Waals surface area (Å²) in [5.74, 6) is 0.278. The minimum absolute atomic E-state index is 0. The summed E-state index contributed by atoms with van der Waals surface area (Å²) in [6.45, 7) is 3.62. The molecule has 20 heavy (non-hydrogen) atoms. The van der Waals surface area contributed by atoms with Crippen LogP contribution in [0.5, 0.6) is 0 Å². The molecule has 1 saturated heterocycles. The first-order chi connectivity index (χ1) is 9.16. The van der Waals surface area contributed by atoms with Crippen LogP contribution in [0, 0.1) is 0 Å². The second-order valence-corrected chi connectivity index (χ2v) is 6.14. The number of hydrogen-bond donors (Lipinski definition) is 1. The van der Waals surface area contributed by atoms with E-state index in [1.54, 1.807) is 0 Å². The maximum Gasteiger partial charge on any atom is 0.222 e. The van der Waals surface area contributed by atoms with Crippen LogP contribution in [0.25, 0.3) is 0 Å². The van der Waals surface area contributed by atoms with Crippen molar-refractivity contribution in [3.8, 4) is 0 Å². The van der Waals surface area contributed by atoms with Crippen molar-refractivity contribution in [1.29, 1.82) is 0 Å². The molecule has 0 radical (unpaired) electrons. The average molecular weight is 305 g/mol. The Balaban J connectivity index is 0.00000200. The lowest BCUT2D eigenvalue weighted by Crippen LogP contribution is -2.43. The molecular formula is C15H29ClN2O2. The molecule has 1 saturated carbocycles. The Labute approximate surface area is 128 Å². The Morgan fingerprint density at radius 3 is 2.55 bits per heavy atom. The van der Waals surface area contributed by atoms with Gasteiger partial charge in [0.1, 0.15) is 0 Å². The first kappa shape index (κ1) is 17.7. The number of rotatable bonds is 6. The summed E-state index contributed by atoms with van der Waals surface area (Å²) in [5, 5.41) is 0. The molecule has 5 heteroatoms. The Kier molecular flexibility index (Phi) is 7.85. The molecule has 1 aliphatic heterocycles. The minimum Gasteiger partial charge on any atom is -0.376 e. The normalized spacial score (nSPS) is 24.4. The number of hydrogen-bond acceptors (Lipinski definition) is 3. The number of nitrogens with two attached hydrogens (primary N) is 1. The molecule has 4 nitrogen and oxygen atoms in total. The average Bonchev–Trinajstić information content (AvgIpc) is 3.05. The molecule has 0 bridgehead atoms. The van der Waals surface area contributed by atoms with Crippen LogP contribution in [-0.4, -0.2) is 42.1 Å². The van der Waals surface area contributed by atoms with Crippen molar-refractivity contribution < 1.29 is 9.53 Å². The molecule has 0 aromatic carbocycles. The van der Waals surface area contributed by atoms with Crippen LogP contribution >= 0.6 is 12.4 Å². The molecule has 2 unspecified atom stereocenters. The zero-order valence-corrected chi connectivity index (χ0v) is 13.4. The van der Waals surface area contributed by atoms with Crippen molar-refractivity contribution in [2.75, 3.05) is 13.2 Å². The first-order valence-electron chi connectivity index (χ1n) is 7.83. The van der Waals surface area contributed by atoms with E-state index in [0.717, 1.165) is 45.3 Å². The summed E-state index contributed by atoms with van der Waals surface area (Å²) in [5.41, 5.74) is 5.76. The second-order valence-electron chi connectivity index (χ2n) is 6.14. The predicted octanol–water partition coefficient (Wildman–Crippen LogP) is 2.49. The summed E-state index contributed by atoms with van der Waals surface area (Å²) in [6, 6.07) is 0.557. The maximum absolute atomic E-state index is 12.4. The fourth-order valence-corrected chi connectivity index (χ4v) is 3.17. The molecule has 118 valence electrons. The van der Waals surface area contributed by atoms with Crippen molar-refractivity contribution in [3.05, 3.63) is 0 Å². The van der Waals surface area contributed by atoms with E-state index in [2.05, 4.69) is 4.90 Å². The number of amides is 1. The molecule has 2 N–H and O–H groups in total. The van der Waals surface area contributed by atoms with Gasteiger partial charge in [-0.25, -0.2) is 0 Å². The van der Waals surface area contributed by atoms with Gasteiger partial charge < -0.3 is 15.4 Å². The first-order valence-corrected chi connectivity index (χ1v) is 7.83. The summed E-state index contributed by atoms with van der Waals surface area (Å²) < 4.78 is 5.70. The van der Waals surface area contributed by atoms with Crippen molar-refractivity contribution >= 4 is 18.3 Å². The van der Waals surface area contributed by atoms with Crippen LogP contribution < -0.4 is 5.73 Å². The van der Waals surface area contributed by atoms with Gasteiger partial charge in [0.2, 0.25) is 5.91 Å². The third-order valence-electron chi connectivity index (χ3n) is 4.32. The standard InChI is InChI=1S/C15H28N2O2.ClH/c1-12(16)8-9-15(18)17(13-5-2-3-6-13)11-14-7-4-10-19-14;/h12-14H,2-11,16H2,1H3;1H. The topological polar surface area (TPSA) is 55.6 Å². The summed E-state index contributed by atoms with van der Waals surface area (Å²) >= 11 is 0. The van der Waals surface area contributed by atoms with Crippen LogP contribution in [0.2, 0.25) is 0 Å². The Morgan fingerprint density at radius 1 is 1.30 bits per heavy atom. The van der Waals surface area contributed by atoms with Gasteiger partial charge in [0.15, 0.2) is 0 Å². The third kappa shape index (κ3) is 5.23. The van der Waals surface area contributed by atoms with Crippen LogP contribution in [0.1, 0.15) is 58.3 Å². The van der Waals surface area contributed by atoms with E-state index in [0.29, 0.717) is 12.5 Å². The fraction of sp³-hybridized carbons (Fsp3) is 0.933. The van der Waals surface area contributed by atoms with Gasteiger partial charge in [0, 0.05) is 31.7 Å². The number of halogens is 1. The van der Waals surface area contributed by atoms with Crippen LogP contribution in [-0.2, 0) is 9.53 Å². The summed E-state index contributed by atoms with van der Waals surface area (Å²) in [7, 11) is 0. The van der Waals surface area contributed by atoms with Gasteiger partial charge in [-0.05, 0) is 39.0 Å². The molecular weight excluding hydrogens is 276 g/mol. The highest BCUT2D eigenvalue weighted by molar-refractivity contribution is 5.85. The smallest absolute Gasteiger partial charge is 0.222 e. The molecule has 0 spiro atoms. The fourth-order valence-electron chi connectivity index (χ4n) is 3.17. The van der Waals surface area contributed by atoms with Crippen LogP contribution in [0.3, 0.4) is 0 Å². The molecule has 0 aromatic rings. The van der Waals surface area contributed by atoms with Gasteiger partial charge in [-0.15, -0.1) is 12.4 Å². The molecule has 1 aliphatic carbocycles. The second kappa shape index (κ2) is 8.85. The van der Waals surface area contributed by atoms with Crippen molar-refractivity contribution in [3.63, 3.8) is 0 Å². The number of carbonyl (C=O) groups excluding carboxylic acids is 1. The van der Waals surface area contributed by atoms with Gasteiger partial charge in [0.25, 0.3) is 0 Å². The minimum atomic E-state index is 0. The largest absolute Gasteiger partial charge is 0.376 e. The van der Waals surface area contributed by atoms with E-state index >= 15 is 0 Å². The van der Waals surface area contributed by atoms with Gasteiger partial charge in [-0.2, -0.15) is 0 Å². The Hall–Kier alpha value is -0.320. The van der Waals surface area contributed by atoms with Crippen LogP contribution in [0.15, 0.2) is 0 Å². The molecule has 1 amide bonds. The van der Waals surface area contributed by atoms with Crippen molar-refractivity contribution in [2.24, 2.45) is 5.73 Å². The van der Waals surface area contributed by atoms with Crippen LogP contribution in [0.4, 0.5) is 0 Å². The lowest BCUT2D eigenvalue weighted by molar-refractivity contribution is -0.135. The van der Waals surface area contributed by atoms with Gasteiger partial charge in [-0.3, -0.25) is 4.79 Å². The molecule has 2 fully saturated rings. The van der Waals surface area contributed by atoms with E-state index in [9.17, 15) is 4.79 Å². The van der Waals surface area contributed by atoms with E-state index in [4.69, 9.17) is 10.5 Å². The maximum atomic E-state index is 12.4. The highest BCUT2D eigenvalue weighted by Gasteiger charge is 2.29. The molecule has 2 atom stereocenters. The number of carbonyl (C=O) groups is 1. The van der Waals surface area contributed by atoms with E-state index < -0.39 is 0 Å². The quantitative estimate of drug-likeness (QED) is 0.820. The Bertz CT molecular complexity index is 288. The monoisotopic (exact) mass is 304 g/mol. The zero-order valence-electron chi connectivity index (χ0n) is 12.6. The summed E-state index contributed by atoms with van der Waals surface area (Å²) in [6.07, 6.45) is 8.71. The lowest BCUT2D eigenvalue weighted by atomic mass is 10.1. The molecule has 2 rings (SSSR count). The zero-order chi connectivity index (χ0) is 13.7. The van der Waals surface area contributed by atoms with Crippen molar-refractivity contribution in [2.45, 2.75) is 76.5 Å². The SMILES string of the molecule is CC(N)CCC(=O)N(CC1CCCO1)C1CCCC1.Cl. The Morgan fingerprint density at radius 2 is 2.00 bits per heavy atom. The van der Waals surface area contributed by atoms with Gasteiger partial charge in [-0.1, -0.05) is 12.8 Å². The van der Waals surface area contributed by atoms with E-state index in [1.807, 2.05) is 6.92 Å². The molecule has 0 aromatic heterocycles. The van der Waals surface area contributed by atoms with Gasteiger partial charge >= 0.3 is 0 Å². The molecule has 2 aliphatic rings. The van der Waals surface area contributed by atoms with Crippen molar-refractivity contribution in [1.82, 2.24) is 4.90 Å².